The third-order valence-corrected chi connectivity index (χ3v) is 4.36. The number of rotatable bonds is 3. The van der Waals surface area contributed by atoms with E-state index in [9.17, 15) is 4.79 Å². The number of hydrogen-bond acceptors (Lipinski definition) is 2. The van der Waals surface area contributed by atoms with Crippen molar-refractivity contribution in [1.82, 2.24) is 0 Å². The molecule has 3 unspecified atom stereocenters. The highest BCUT2D eigenvalue weighted by Gasteiger charge is 2.26. The minimum atomic E-state index is 0.0761. The monoisotopic (exact) mass is 260 g/mol. The van der Waals surface area contributed by atoms with E-state index in [1.807, 2.05) is 25.1 Å². The second-order valence-corrected chi connectivity index (χ2v) is 6.06. The van der Waals surface area contributed by atoms with Crippen molar-refractivity contribution >= 4 is 5.78 Å². The molecule has 0 radical (unpaired) electrons. The van der Waals surface area contributed by atoms with E-state index in [2.05, 4.69) is 13.8 Å². The molecule has 1 fully saturated rings. The Bertz CT molecular complexity index is 464. The second kappa shape index (κ2) is 5.77. The molecule has 2 heteroatoms. The molecule has 2 rings (SSSR count). The Balaban J connectivity index is 2.14. The van der Waals surface area contributed by atoms with Crippen LogP contribution in [0.3, 0.4) is 0 Å². The van der Waals surface area contributed by atoms with Gasteiger partial charge in [0.05, 0.1) is 11.7 Å². The second-order valence-electron chi connectivity index (χ2n) is 6.06. The number of hydrogen-bond donors (Lipinski definition) is 0. The van der Waals surface area contributed by atoms with Crippen molar-refractivity contribution in [2.75, 3.05) is 0 Å². The van der Waals surface area contributed by atoms with Crippen molar-refractivity contribution in [3.63, 3.8) is 0 Å². The molecular formula is C17H24O2. The van der Waals surface area contributed by atoms with E-state index in [-0.39, 0.29) is 11.9 Å². The summed E-state index contributed by atoms with van der Waals surface area (Å²) in [5, 5.41) is 0. The van der Waals surface area contributed by atoms with Crippen LogP contribution < -0.4 is 4.74 Å². The molecule has 1 aliphatic rings. The van der Waals surface area contributed by atoms with Gasteiger partial charge < -0.3 is 4.74 Å². The van der Waals surface area contributed by atoms with E-state index in [0.717, 1.165) is 30.1 Å². The SMILES string of the molecule is CC(=O)c1ccc(C)cc1OC1CCC(C)C(C)C1. The van der Waals surface area contributed by atoms with Crippen molar-refractivity contribution in [3.8, 4) is 5.75 Å². The first-order valence-corrected chi connectivity index (χ1v) is 7.25. The molecule has 1 aromatic rings. The zero-order chi connectivity index (χ0) is 14.0. The highest BCUT2D eigenvalue weighted by molar-refractivity contribution is 5.96. The standard InChI is InChI=1S/C17H24O2/c1-11-5-8-16(14(4)18)17(9-11)19-15-7-6-12(2)13(3)10-15/h5,8-9,12-13,15H,6-7,10H2,1-4H3. The number of ketones is 1. The first-order valence-electron chi connectivity index (χ1n) is 7.25. The number of ether oxygens (including phenoxy) is 1. The van der Waals surface area contributed by atoms with Crippen molar-refractivity contribution in [3.05, 3.63) is 29.3 Å². The van der Waals surface area contributed by atoms with Crippen molar-refractivity contribution in [2.45, 2.75) is 53.1 Å². The van der Waals surface area contributed by atoms with E-state index in [0.29, 0.717) is 11.5 Å². The number of benzene rings is 1. The maximum Gasteiger partial charge on any atom is 0.163 e. The van der Waals surface area contributed by atoms with E-state index in [1.165, 1.54) is 6.42 Å². The average Bonchev–Trinajstić information content (AvgIpc) is 2.33. The maximum absolute atomic E-state index is 11.7. The quantitative estimate of drug-likeness (QED) is 0.753. The zero-order valence-corrected chi connectivity index (χ0v) is 12.4. The van der Waals surface area contributed by atoms with Gasteiger partial charge in [0.25, 0.3) is 0 Å². The van der Waals surface area contributed by atoms with Crippen LogP contribution in [-0.2, 0) is 0 Å². The highest BCUT2D eigenvalue weighted by atomic mass is 16.5. The Morgan fingerprint density at radius 2 is 1.95 bits per heavy atom. The van der Waals surface area contributed by atoms with Crippen LogP contribution >= 0.6 is 0 Å². The molecule has 0 bridgehead atoms. The Morgan fingerprint density at radius 3 is 2.58 bits per heavy atom. The molecule has 0 aliphatic heterocycles. The van der Waals surface area contributed by atoms with Gasteiger partial charge in [-0.05, 0) is 62.6 Å². The topological polar surface area (TPSA) is 26.3 Å². The lowest BCUT2D eigenvalue weighted by Gasteiger charge is -2.32. The minimum absolute atomic E-state index is 0.0761. The lowest BCUT2D eigenvalue weighted by atomic mass is 9.80. The summed E-state index contributed by atoms with van der Waals surface area (Å²) in [6.07, 6.45) is 3.65. The Hall–Kier alpha value is -1.31. The van der Waals surface area contributed by atoms with Gasteiger partial charge in [0, 0.05) is 0 Å². The summed E-state index contributed by atoms with van der Waals surface area (Å²) in [6.45, 7) is 8.24. The van der Waals surface area contributed by atoms with Crippen LogP contribution in [-0.4, -0.2) is 11.9 Å². The molecule has 0 N–H and O–H groups in total. The van der Waals surface area contributed by atoms with Crippen LogP contribution in [0.15, 0.2) is 18.2 Å². The molecule has 0 saturated heterocycles. The molecule has 0 spiro atoms. The summed E-state index contributed by atoms with van der Waals surface area (Å²) >= 11 is 0. The Kier molecular flexibility index (Phi) is 4.28. The fourth-order valence-electron chi connectivity index (χ4n) is 2.80. The van der Waals surface area contributed by atoms with Gasteiger partial charge in [-0.2, -0.15) is 0 Å². The summed E-state index contributed by atoms with van der Waals surface area (Å²) < 4.78 is 6.13. The molecule has 19 heavy (non-hydrogen) atoms. The maximum atomic E-state index is 11.7. The minimum Gasteiger partial charge on any atom is -0.490 e. The lowest BCUT2D eigenvalue weighted by Crippen LogP contribution is -2.29. The highest BCUT2D eigenvalue weighted by Crippen LogP contribution is 2.33. The number of carbonyl (C=O) groups is 1. The van der Waals surface area contributed by atoms with E-state index < -0.39 is 0 Å². The predicted molar refractivity (Wildman–Crippen MR) is 77.8 cm³/mol. The molecule has 1 aromatic carbocycles. The first kappa shape index (κ1) is 14.1. The van der Waals surface area contributed by atoms with Crippen LogP contribution in [0.4, 0.5) is 0 Å². The number of aryl methyl sites for hydroxylation is 1. The van der Waals surface area contributed by atoms with Crippen molar-refractivity contribution < 1.29 is 9.53 Å². The van der Waals surface area contributed by atoms with Gasteiger partial charge in [-0.3, -0.25) is 4.79 Å². The summed E-state index contributed by atoms with van der Waals surface area (Å²) in [7, 11) is 0. The van der Waals surface area contributed by atoms with E-state index >= 15 is 0 Å². The molecule has 104 valence electrons. The van der Waals surface area contributed by atoms with E-state index in [4.69, 9.17) is 4.74 Å². The van der Waals surface area contributed by atoms with Crippen LogP contribution in [0, 0.1) is 18.8 Å². The molecule has 1 aliphatic carbocycles. The van der Waals surface area contributed by atoms with Crippen LogP contribution in [0.1, 0.15) is 56.0 Å². The molecule has 0 heterocycles. The fraction of sp³-hybridized carbons (Fsp3) is 0.588. The van der Waals surface area contributed by atoms with Crippen LogP contribution in [0.25, 0.3) is 0 Å². The van der Waals surface area contributed by atoms with Gasteiger partial charge in [-0.1, -0.05) is 19.9 Å². The van der Waals surface area contributed by atoms with Gasteiger partial charge >= 0.3 is 0 Å². The fourth-order valence-corrected chi connectivity index (χ4v) is 2.80. The Morgan fingerprint density at radius 1 is 1.21 bits per heavy atom. The summed E-state index contributed by atoms with van der Waals surface area (Å²) in [5.74, 6) is 2.32. The third-order valence-electron chi connectivity index (χ3n) is 4.36. The molecule has 0 aromatic heterocycles. The van der Waals surface area contributed by atoms with Gasteiger partial charge in [0.1, 0.15) is 5.75 Å². The number of carbonyl (C=O) groups excluding carboxylic acids is 1. The molecule has 1 saturated carbocycles. The van der Waals surface area contributed by atoms with Gasteiger partial charge in [0.15, 0.2) is 5.78 Å². The normalized spacial score (nSPS) is 27.1. The van der Waals surface area contributed by atoms with Crippen molar-refractivity contribution in [2.24, 2.45) is 11.8 Å². The van der Waals surface area contributed by atoms with Gasteiger partial charge in [0.2, 0.25) is 0 Å². The lowest BCUT2D eigenvalue weighted by molar-refractivity contribution is 0.0939. The molecule has 2 nitrogen and oxygen atoms in total. The van der Waals surface area contributed by atoms with Crippen molar-refractivity contribution in [1.29, 1.82) is 0 Å². The summed E-state index contributed by atoms with van der Waals surface area (Å²) in [6, 6.07) is 5.83. The first-order chi connectivity index (χ1) is 8.97. The zero-order valence-electron chi connectivity index (χ0n) is 12.4. The predicted octanol–water partition coefficient (Wildman–Crippen LogP) is 4.40. The Labute approximate surface area is 116 Å². The van der Waals surface area contributed by atoms with E-state index in [1.54, 1.807) is 6.92 Å². The average molecular weight is 260 g/mol. The smallest absolute Gasteiger partial charge is 0.163 e. The van der Waals surface area contributed by atoms with Gasteiger partial charge in [-0.15, -0.1) is 0 Å². The molecule has 0 amide bonds. The largest absolute Gasteiger partial charge is 0.490 e. The van der Waals surface area contributed by atoms with Crippen LogP contribution in [0.5, 0.6) is 5.75 Å². The summed E-state index contributed by atoms with van der Waals surface area (Å²) in [5.41, 5.74) is 1.84. The van der Waals surface area contributed by atoms with Gasteiger partial charge in [-0.25, -0.2) is 0 Å². The third kappa shape index (κ3) is 3.37. The summed E-state index contributed by atoms with van der Waals surface area (Å²) in [4.78, 5) is 11.7. The van der Waals surface area contributed by atoms with Crippen LogP contribution in [0.2, 0.25) is 0 Å². The molecule has 3 atom stereocenters. The molecular weight excluding hydrogens is 236 g/mol. The number of Topliss-reactive ketones (excluding diaryl/α,β-unsaturated/α-hetero) is 1.